The average Bonchev–Trinajstić information content (AvgIpc) is 3.59. The molecule has 3 fully saturated rings. The minimum absolute atomic E-state index is 0.118. The topological polar surface area (TPSA) is 66.5 Å². The highest BCUT2D eigenvalue weighted by molar-refractivity contribution is 9.10. The van der Waals surface area contributed by atoms with E-state index in [1.807, 2.05) is 30.3 Å². The fraction of sp³-hybridized carbons (Fsp3) is 0.346. The predicted molar refractivity (Wildman–Crippen MR) is 128 cm³/mol. The molecule has 0 radical (unpaired) electrons. The van der Waals surface area contributed by atoms with Crippen LogP contribution < -0.4 is 5.32 Å². The van der Waals surface area contributed by atoms with Crippen LogP contribution >= 0.6 is 27.5 Å². The summed E-state index contributed by atoms with van der Waals surface area (Å²) in [5.41, 5.74) is 1.33. The summed E-state index contributed by atoms with van der Waals surface area (Å²) in [6, 6.07) is 13.7. The maximum atomic E-state index is 13.7. The highest BCUT2D eigenvalue weighted by atomic mass is 79.9. The van der Waals surface area contributed by atoms with Gasteiger partial charge in [-0.25, -0.2) is 0 Å². The van der Waals surface area contributed by atoms with Crippen LogP contribution in [0.4, 0.5) is 5.69 Å². The van der Waals surface area contributed by atoms with E-state index in [2.05, 4.69) is 33.4 Å². The summed E-state index contributed by atoms with van der Waals surface area (Å²) in [6.07, 6.45) is 5.64. The summed E-state index contributed by atoms with van der Waals surface area (Å²) in [5.74, 6) is -0.214. The van der Waals surface area contributed by atoms with Gasteiger partial charge >= 0.3 is 0 Å². The van der Waals surface area contributed by atoms with Crippen molar-refractivity contribution in [3.8, 4) is 0 Å². The molecule has 7 atom stereocenters. The van der Waals surface area contributed by atoms with Crippen LogP contribution in [-0.4, -0.2) is 28.7 Å². The van der Waals surface area contributed by atoms with E-state index in [4.69, 9.17) is 11.6 Å². The van der Waals surface area contributed by atoms with Gasteiger partial charge in [-0.1, -0.05) is 70.0 Å². The van der Waals surface area contributed by atoms with Crippen molar-refractivity contribution in [3.05, 3.63) is 75.7 Å². The van der Waals surface area contributed by atoms with Gasteiger partial charge in [0, 0.05) is 10.9 Å². The molecule has 1 N–H and O–H groups in total. The van der Waals surface area contributed by atoms with Gasteiger partial charge in [-0.2, -0.15) is 0 Å². The average molecular weight is 526 g/mol. The third kappa shape index (κ3) is 3.38. The Kier molecular flexibility index (Phi) is 5.00. The van der Waals surface area contributed by atoms with Crippen LogP contribution in [0.25, 0.3) is 0 Å². The Morgan fingerprint density at radius 1 is 1.03 bits per heavy atom. The third-order valence-corrected chi connectivity index (χ3v) is 8.58. The van der Waals surface area contributed by atoms with Crippen molar-refractivity contribution < 1.29 is 14.4 Å². The quantitative estimate of drug-likeness (QED) is 0.454. The molecule has 7 rings (SSSR count). The van der Waals surface area contributed by atoms with Crippen LogP contribution in [-0.2, 0) is 20.8 Å². The number of carbonyl (C=O) groups excluding carboxylic acids is 3. The normalized spacial score (nSPS) is 31.9. The Bertz CT molecular complexity index is 1160. The molecule has 0 aromatic heterocycles. The van der Waals surface area contributed by atoms with Crippen LogP contribution in [0, 0.1) is 35.5 Å². The molecule has 7 heteroatoms. The Labute approximate surface area is 205 Å². The molecule has 2 aromatic rings. The molecule has 1 heterocycles. The molecule has 2 saturated carbocycles. The summed E-state index contributed by atoms with van der Waals surface area (Å²) < 4.78 is 0.793. The Morgan fingerprint density at radius 3 is 2.27 bits per heavy atom. The van der Waals surface area contributed by atoms with Crippen LogP contribution in [0.5, 0.6) is 0 Å². The Morgan fingerprint density at radius 2 is 1.67 bits per heavy atom. The summed E-state index contributed by atoms with van der Waals surface area (Å²) in [4.78, 5) is 42.1. The molecule has 33 heavy (non-hydrogen) atoms. The smallest absolute Gasteiger partial charge is 0.248 e. The SMILES string of the molecule is O=C(Nc1ccc(Br)cc1Cl)[C@H](Cc1ccccc1)N1C(=O)[C@@H]2[C@@H]3C=C[C@H]([C@H]4C[C@H]34)[C@@H]2C1=O. The first-order valence-corrected chi connectivity index (χ1v) is 12.5. The lowest BCUT2D eigenvalue weighted by molar-refractivity contribution is -0.146. The van der Waals surface area contributed by atoms with E-state index in [9.17, 15) is 14.4 Å². The van der Waals surface area contributed by atoms with Crippen molar-refractivity contribution in [2.45, 2.75) is 18.9 Å². The van der Waals surface area contributed by atoms with E-state index in [1.165, 1.54) is 4.90 Å². The van der Waals surface area contributed by atoms with Gasteiger partial charge in [-0.15, -0.1) is 0 Å². The number of benzene rings is 2. The molecule has 1 aliphatic heterocycles. The van der Waals surface area contributed by atoms with Crippen molar-refractivity contribution in [2.75, 3.05) is 5.32 Å². The number of rotatable bonds is 5. The molecule has 5 aliphatic rings. The van der Waals surface area contributed by atoms with Crippen molar-refractivity contribution >= 4 is 50.9 Å². The minimum Gasteiger partial charge on any atom is -0.323 e. The first-order chi connectivity index (χ1) is 15.9. The van der Waals surface area contributed by atoms with Gasteiger partial charge in [0.2, 0.25) is 17.7 Å². The lowest BCUT2D eigenvalue weighted by Crippen LogP contribution is -2.49. The van der Waals surface area contributed by atoms with Gasteiger partial charge < -0.3 is 5.32 Å². The zero-order valence-electron chi connectivity index (χ0n) is 17.7. The standard InChI is InChI=1S/C26H22BrClN2O3/c27-14-6-9-20(19(28)11-14)29-24(31)21(10-13-4-2-1-3-5-13)30-25(32)22-15-7-8-16(18-12-17(15)18)23(22)26(30)33/h1-9,11,15-18,21-23H,10,12H2,(H,29,31)/t15-,16-,17-,18-,21+,22-,23+/m1/s1. The zero-order valence-corrected chi connectivity index (χ0v) is 20.0. The maximum Gasteiger partial charge on any atom is 0.248 e. The number of carbonyl (C=O) groups is 3. The second-order valence-electron chi connectivity index (χ2n) is 9.52. The summed E-state index contributed by atoms with van der Waals surface area (Å²) in [6.45, 7) is 0. The fourth-order valence-corrected chi connectivity index (χ4v) is 6.95. The van der Waals surface area contributed by atoms with Gasteiger partial charge in [-0.05, 0) is 53.9 Å². The molecule has 0 spiro atoms. The van der Waals surface area contributed by atoms with Crippen LogP contribution in [0.15, 0.2) is 65.2 Å². The lowest BCUT2D eigenvalue weighted by Gasteiger charge is -2.37. The molecule has 2 aromatic carbocycles. The number of nitrogens with zero attached hydrogens (tertiary/aromatic N) is 1. The molecule has 0 unspecified atom stereocenters. The molecular weight excluding hydrogens is 504 g/mol. The summed E-state index contributed by atoms with van der Waals surface area (Å²) in [7, 11) is 0. The number of likely N-dealkylation sites (tertiary alicyclic amines) is 1. The number of anilines is 1. The highest BCUT2D eigenvalue weighted by Gasteiger charge is 2.67. The number of allylic oxidation sites excluding steroid dienone is 2. The van der Waals surface area contributed by atoms with E-state index in [1.54, 1.807) is 18.2 Å². The maximum absolute atomic E-state index is 13.7. The monoisotopic (exact) mass is 524 g/mol. The number of nitrogens with one attached hydrogen (secondary N) is 1. The first kappa shape index (κ1) is 21.1. The van der Waals surface area contributed by atoms with E-state index in [0.717, 1.165) is 16.5 Å². The molecule has 1 saturated heterocycles. The number of hydrogen-bond acceptors (Lipinski definition) is 3. The van der Waals surface area contributed by atoms with Crippen LogP contribution in [0.1, 0.15) is 12.0 Å². The largest absolute Gasteiger partial charge is 0.323 e. The molecule has 168 valence electrons. The molecule has 2 bridgehead atoms. The van der Waals surface area contributed by atoms with E-state index >= 15 is 0 Å². The zero-order chi connectivity index (χ0) is 22.9. The summed E-state index contributed by atoms with van der Waals surface area (Å²) in [5, 5.41) is 3.24. The summed E-state index contributed by atoms with van der Waals surface area (Å²) >= 11 is 9.69. The highest BCUT2D eigenvalue weighted by Crippen LogP contribution is 2.65. The number of halogens is 2. The van der Waals surface area contributed by atoms with Crippen LogP contribution in [0.2, 0.25) is 5.02 Å². The first-order valence-electron chi connectivity index (χ1n) is 11.3. The molecule has 3 amide bonds. The van der Waals surface area contributed by atoms with Crippen molar-refractivity contribution in [2.24, 2.45) is 35.5 Å². The Balaban J connectivity index is 1.34. The van der Waals surface area contributed by atoms with Gasteiger partial charge in [-0.3, -0.25) is 19.3 Å². The fourth-order valence-electron chi connectivity index (χ4n) is 6.23. The van der Waals surface area contributed by atoms with E-state index < -0.39 is 11.9 Å². The second-order valence-corrected chi connectivity index (χ2v) is 10.8. The third-order valence-electron chi connectivity index (χ3n) is 7.77. The molecule has 5 nitrogen and oxygen atoms in total. The molecular formula is C26H22BrClN2O3. The number of imide groups is 1. The predicted octanol–water partition coefficient (Wildman–Crippen LogP) is 4.71. The lowest BCUT2D eigenvalue weighted by atomic mass is 9.63. The van der Waals surface area contributed by atoms with Gasteiger partial charge in [0.05, 0.1) is 22.5 Å². The number of hydrogen-bond donors (Lipinski definition) is 1. The minimum atomic E-state index is -0.937. The van der Waals surface area contributed by atoms with E-state index in [0.29, 0.717) is 22.5 Å². The van der Waals surface area contributed by atoms with Gasteiger partial charge in [0.15, 0.2) is 0 Å². The second kappa shape index (κ2) is 7.81. The van der Waals surface area contributed by atoms with Gasteiger partial charge in [0.25, 0.3) is 0 Å². The Hall–Kier alpha value is -2.44. The van der Waals surface area contributed by atoms with Crippen LogP contribution in [0.3, 0.4) is 0 Å². The number of amides is 3. The van der Waals surface area contributed by atoms with Gasteiger partial charge in [0.1, 0.15) is 6.04 Å². The molecule has 4 aliphatic carbocycles. The van der Waals surface area contributed by atoms with Crippen molar-refractivity contribution in [1.82, 2.24) is 4.90 Å². The van der Waals surface area contributed by atoms with Crippen molar-refractivity contribution in [1.29, 1.82) is 0 Å². The van der Waals surface area contributed by atoms with Crippen molar-refractivity contribution in [3.63, 3.8) is 0 Å². The van der Waals surface area contributed by atoms with E-state index in [-0.39, 0.29) is 41.9 Å².